The molecular formula is C21H27ClN6O. The molecule has 0 atom stereocenters. The van der Waals surface area contributed by atoms with Gasteiger partial charge in [-0.1, -0.05) is 43.0 Å². The van der Waals surface area contributed by atoms with E-state index >= 15 is 0 Å². The minimum atomic E-state index is 0.462. The third kappa shape index (κ3) is 4.79. The average molecular weight is 415 g/mol. The van der Waals surface area contributed by atoms with Crippen LogP contribution in [0.4, 0.5) is 11.5 Å². The van der Waals surface area contributed by atoms with Crippen molar-refractivity contribution < 1.29 is 5.21 Å². The Hall–Kier alpha value is -2.38. The fourth-order valence-electron chi connectivity index (χ4n) is 4.21. The Morgan fingerprint density at radius 2 is 1.79 bits per heavy atom. The highest BCUT2D eigenvalue weighted by atomic mass is 35.5. The first kappa shape index (κ1) is 19.9. The molecule has 2 heterocycles. The molecule has 154 valence electrons. The van der Waals surface area contributed by atoms with E-state index in [0.717, 1.165) is 24.6 Å². The highest BCUT2D eigenvalue weighted by molar-refractivity contribution is 6.32. The summed E-state index contributed by atoms with van der Waals surface area (Å²) in [5.41, 5.74) is 4.51. The van der Waals surface area contributed by atoms with Crippen LogP contribution < -0.4 is 10.4 Å². The lowest BCUT2D eigenvalue weighted by atomic mass is 9.84. The maximum absolute atomic E-state index is 9.65. The minimum absolute atomic E-state index is 0.462. The van der Waals surface area contributed by atoms with E-state index in [4.69, 9.17) is 11.6 Å². The highest BCUT2D eigenvalue weighted by Gasteiger charge is 2.22. The summed E-state index contributed by atoms with van der Waals surface area (Å²) in [5, 5.41) is 10.2. The first-order valence-electron chi connectivity index (χ1n) is 10.3. The summed E-state index contributed by atoms with van der Waals surface area (Å²) in [5.74, 6) is 1.89. The topological polar surface area (TPSA) is 76.9 Å². The minimum Gasteiger partial charge on any atom is -0.352 e. The van der Waals surface area contributed by atoms with E-state index in [9.17, 15) is 5.21 Å². The van der Waals surface area contributed by atoms with Crippen molar-refractivity contribution in [3.05, 3.63) is 47.4 Å². The number of guanidine groups is 1. The molecule has 4 rings (SSSR count). The van der Waals surface area contributed by atoms with Gasteiger partial charge in [0.25, 0.3) is 0 Å². The lowest BCUT2D eigenvalue weighted by Gasteiger charge is -2.36. The lowest BCUT2D eigenvalue weighted by Crippen LogP contribution is -2.52. The standard InChI is InChI=1S/C21H27ClN6O/c22-19-14-23-15-24-20(19)27-10-12-28(13-11-27)21(26-29)25-18-8-6-17(7-9-18)16-4-2-1-3-5-16/h6-9,14-16,29H,1-5,10-13H2,(H,25,26). The number of nitrogens with one attached hydrogen (secondary N) is 1. The van der Waals surface area contributed by atoms with Gasteiger partial charge in [-0.2, -0.15) is 0 Å². The van der Waals surface area contributed by atoms with Crippen molar-refractivity contribution >= 4 is 29.1 Å². The van der Waals surface area contributed by atoms with Gasteiger partial charge in [-0.15, -0.1) is 0 Å². The lowest BCUT2D eigenvalue weighted by molar-refractivity contribution is 0.207. The van der Waals surface area contributed by atoms with Gasteiger partial charge in [-0.3, -0.25) is 5.21 Å². The second-order valence-electron chi connectivity index (χ2n) is 7.64. The van der Waals surface area contributed by atoms with Gasteiger partial charge in [-0.05, 0) is 36.5 Å². The summed E-state index contributed by atoms with van der Waals surface area (Å²) in [6, 6.07) is 8.44. The Kier molecular flexibility index (Phi) is 6.46. The van der Waals surface area contributed by atoms with E-state index in [1.54, 1.807) is 6.20 Å². The molecule has 29 heavy (non-hydrogen) atoms. The van der Waals surface area contributed by atoms with Gasteiger partial charge < -0.3 is 9.80 Å². The number of benzene rings is 1. The quantitative estimate of drug-likeness (QED) is 0.449. The molecular weight excluding hydrogens is 388 g/mol. The molecule has 1 aliphatic heterocycles. The summed E-state index contributed by atoms with van der Waals surface area (Å²) in [4.78, 5) is 17.0. The molecule has 0 amide bonds. The van der Waals surface area contributed by atoms with Gasteiger partial charge in [0.15, 0.2) is 5.82 Å². The average Bonchev–Trinajstić information content (AvgIpc) is 2.79. The molecule has 0 spiro atoms. The fourth-order valence-corrected chi connectivity index (χ4v) is 4.44. The highest BCUT2D eigenvalue weighted by Crippen LogP contribution is 2.33. The first-order valence-corrected chi connectivity index (χ1v) is 10.7. The van der Waals surface area contributed by atoms with E-state index in [2.05, 4.69) is 37.5 Å². The van der Waals surface area contributed by atoms with Gasteiger partial charge in [0.1, 0.15) is 11.3 Å². The number of piperazine rings is 1. The van der Waals surface area contributed by atoms with E-state index in [1.807, 2.05) is 17.0 Å². The van der Waals surface area contributed by atoms with Crippen molar-refractivity contribution in [2.45, 2.75) is 38.0 Å². The van der Waals surface area contributed by atoms with E-state index < -0.39 is 0 Å². The molecule has 1 aromatic carbocycles. The van der Waals surface area contributed by atoms with Crippen LogP contribution in [0.15, 0.2) is 41.8 Å². The third-order valence-corrected chi connectivity index (χ3v) is 6.10. The predicted octanol–water partition coefficient (Wildman–Crippen LogP) is 3.97. The molecule has 0 unspecified atom stereocenters. The molecule has 7 nitrogen and oxygen atoms in total. The van der Waals surface area contributed by atoms with Crippen LogP contribution in [0, 0.1) is 0 Å². The Labute approximate surface area is 176 Å². The Morgan fingerprint density at radius 1 is 1.07 bits per heavy atom. The molecule has 2 N–H and O–H groups in total. The van der Waals surface area contributed by atoms with Crippen LogP contribution in [0.3, 0.4) is 0 Å². The van der Waals surface area contributed by atoms with Gasteiger partial charge in [-0.25, -0.2) is 20.4 Å². The van der Waals surface area contributed by atoms with Crippen LogP contribution in [0.25, 0.3) is 0 Å². The van der Waals surface area contributed by atoms with Gasteiger partial charge in [0.05, 0.1) is 11.9 Å². The zero-order chi connectivity index (χ0) is 20.1. The molecule has 1 aromatic heterocycles. The van der Waals surface area contributed by atoms with Gasteiger partial charge in [0, 0.05) is 26.2 Å². The van der Waals surface area contributed by atoms with Gasteiger partial charge in [0.2, 0.25) is 5.96 Å². The Bertz CT molecular complexity index is 829. The second-order valence-corrected chi connectivity index (χ2v) is 8.05. The Morgan fingerprint density at radius 3 is 2.45 bits per heavy atom. The molecule has 2 aromatic rings. The number of aliphatic imine (C=N–C) groups is 1. The number of anilines is 1. The zero-order valence-corrected chi connectivity index (χ0v) is 17.2. The number of hydrogen-bond donors (Lipinski definition) is 2. The molecule has 2 fully saturated rings. The van der Waals surface area contributed by atoms with Crippen LogP contribution >= 0.6 is 11.6 Å². The predicted molar refractivity (Wildman–Crippen MR) is 115 cm³/mol. The fraction of sp³-hybridized carbons (Fsp3) is 0.476. The first-order chi connectivity index (χ1) is 14.2. The monoisotopic (exact) mass is 414 g/mol. The third-order valence-electron chi connectivity index (χ3n) is 5.83. The van der Waals surface area contributed by atoms with Crippen LogP contribution in [-0.4, -0.2) is 52.2 Å². The normalized spacial score (nSPS) is 18.8. The SMILES string of the molecule is ONC(=Nc1ccc(C2CCCCC2)cc1)N1CCN(c2ncncc2Cl)CC1. The van der Waals surface area contributed by atoms with Crippen molar-refractivity contribution in [2.24, 2.45) is 4.99 Å². The molecule has 1 aliphatic carbocycles. The largest absolute Gasteiger partial charge is 0.352 e. The van der Waals surface area contributed by atoms with Crippen molar-refractivity contribution in [3.8, 4) is 0 Å². The molecule has 1 saturated carbocycles. The zero-order valence-electron chi connectivity index (χ0n) is 16.5. The number of aromatic nitrogens is 2. The van der Waals surface area contributed by atoms with Crippen molar-refractivity contribution in [1.82, 2.24) is 20.3 Å². The van der Waals surface area contributed by atoms with E-state index in [-0.39, 0.29) is 0 Å². The maximum Gasteiger partial charge on any atom is 0.223 e. The van der Waals surface area contributed by atoms with Crippen molar-refractivity contribution in [3.63, 3.8) is 0 Å². The molecule has 0 radical (unpaired) electrons. The Balaban J connectivity index is 1.40. The van der Waals surface area contributed by atoms with Crippen LogP contribution in [0.2, 0.25) is 5.02 Å². The summed E-state index contributed by atoms with van der Waals surface area (Å²) < 4.78 is 0. The molecule has 1 saturated heterocycles. The summed E-state index contributed by atoms with van der Waals surface area (Å²) in [6.07, 6.45) is 9.70. The number of hydrogen-bond acceptors (Lipinski definition) is 5. The van der Waals surface area contributed by atoms with Gasteiger partial charge >= 0.3 is 0 Å². The number of rotatable bonds is 3. The molecule has 0 bridgehead atoms. The van der Waals surface area contributed by atoms with Crippen LogP contribution in [0.1, 0.15) is 43.6 Å². The molecule has 8 heteroatoms. The second kappa shape index (κ2) is 9.41. The molecule has 2 aliphatic rings. The number of hydroxylamine groups is 1. The van der Waals surface area contributed by atoms with Crippen molar-refractivity contribution in [2.75, 3.05) is 31.1 Å². The van der Waals surface area contributed by atoms with E-state index in [1.165, 1.54) is 44.0 Å². The summed E-state index contributed by atoms with van der Waals surface area (Å²) >= 11 is 6.20. The van der Waals surface area contributed by atoms with Crippen molar-refractivity contribution in [1.29, 1.82) is 0 Å². The maximum atomic E-state index is 9.65. The number of nitrogens with zero attached hydrogens (tertiary/aromatic N) is 5. The smallest absolute Gasteiger partial charge is 0.223 e. The summed E-state index contributed by atoms with van der Waals surface area (Å²) in [6.45, 7) is 2.87. The van der Waals surface area contributed by atoms with E-state index in [0.29, 0.717) is 30.0 Å². The number of halogens is 1. The van der Waals surface area contributed by atoms with Crippen LogP contribution in [-0.2, 0) is 0 Å². The summed E-state index contributed by atoms with van der Waals surface area (Å²) in [7, 11) is 0. The van der Waals surface area contributed by atoms with Crippen LogP contribution in [0.5, 0.6) is 0 Å².